The summed E-state index contributed by atoms with van der Waals surface area (Å²) in [5.41, 5.74) is 5.58. The van der Waals surface area contributed by atoms with Crippen LogP contribution in [0.1, 0.15) is 9.67 Å². The summed E-state index contributed by atoms with van der Waals surface area (Å²) in [6.45, 7) is 1.99. The number of halogens is 1. The highest BCUT2D eigenvalue weighted by molar-refractivity contribution is 7.20. The molecule has 20 heavy (non-hydrogen) atoms. The summed E-state index contributed by atoms with van der Waals surface area (Å²) in [7, 11) is 0. The van der Waals surface area contributed by atoms with E-state index in [2.05, 4.69) is 0 Å². The van der Waals surface area contributed by atoms with Crippen LogP contribution in [0.5, 0.6) is 0 Å². The molecule has 1 saturated heterocycles. The standard InChI is InChI=1S/C14H15FN2O2S/c15-10-2-1-9-5-13(20-12(9)6-10)14(18)17-3-4-19-11(7-16)8-17/h1-2,5-6,11H,3-4,7-8,16H2. The van der Waals surface area contributed by atoms with E-state index in [1.807, 2.05) is 6.07 Å². The molecule has 0 bridgehead atoms. The summed E-state index contributed by atoms with van der Waals surface area (Å²) in [6.07, 6.45) is -0.0977. The van der Waals surface area contributed by atoms with Crippen LogP contribution >= 0.6 is 11.3 Å². The number of fused-ring (bicyclic) bond motifs is 1. The van der Waals surface area contributed by atoms with Crippen LogP contribution in [-0.2, 0) is 4.74 Å². The number of benzene rings is 1. The van der Waals surface area contributed by atoms with Crippen molar-refractivity contribution < 1.29 is 13.9 Å². The van der Waals surface area contributed by atoms with Crippen molar-refractivity contribution in [3.63, 3.8) is 0 Å². The van der Waals surface area contributed by atoms with E-state index in [1.54, 1.807) is 11.0 Å². The molecule has 3 rings (SSSR count). The first kappa shape index (κ1) is 13.5. The van der Waals surface area contributed by atoms with Gasteiger partial charge in [-0.3, -0.25) is 4.79 Å². The van der Waals surface area contributed by atoms with Gasteiger partial charge in [-0.25, -0.2) is 4.39 Å². The van der Waals surface area contributed by atoms with Gasteiger partial charge in [0.25, 0.3) is 5.91 Å². The number of rotatable bonds is 2. The van der Waals surface area contributed by atoms with Crippen LogP contribution in [0, 0.1) is 5.82 Å². The van der Waals surface area contributed by atoms with Crippen molar-refractivity contribution in [1.82, 2.24) is 4.90 Å². The summed E-state index contributed by atoms with van der Waals surface area (Å²) in [4.78, 5) is 14.8. The van der Waals surface area contributed by atoms with Crippen molar-refractivity contribution in [2.75, 3.05) is 26.2 Å². The minimum absolute atomic E-state index is 0.0339. The normalized spacial score (nSPS) is 19.5. The summed E-state index contributed by atoms with van der Waals surface area (Å²) < 4.78 is 19.4. The predicted octanol–water partition coefficient (Wildman–Crippen LogP) is 1.84. The second kappa shape index (κ2) is 5.47. The zero-order valence-corrected chi connectivity index (χ0v) is 11.7. The number of nitrogens with two attached hydrogens (primary N) is 1. The Labute approximate surface area is 119 Å². The third-order valence-electron chi connectivity index (χ3n) is 3.38. The van der Waals surface area contributed by atoms with E-state index in [4.69, 9.17) is 10.5 Å². The molecule has 1 unspecified atom stereocenters. The Hall–Kier alpha value is -1.50. The van der Waals surface area contributed by atoms with Crippen LogP contribution < -0.4 is 5.73 Å². The molecular weight excluding hydrogens is 279 g/mol. The Kier molecular flexibility index (Phi) is 3.69. The smallest absolute Gasteiger partial charge is 0.264 e. The van der Waals surface area contributed by atoms with Gasteiger partial charge < -0.3 is 15.4 Å². The molecule has 1 aromatic carbocycles. The Balaban J connectivity index is 1.84. The molecule has 1 atom stereocenters. The van der Waals surface area contributed by atoms with Gasteiger partial charge in [0.1, 0.15) is 5.82 Å². The highest BCUT2D eigenvalue weighted by Crippen LogP contribution is 2.27. The molecular formula is C14H15FN2O2S. The van der Waals surface area contributed by atoms with Gasteiger partial charge >= 0.3 is 0 Å². The van der Waals surface area contributed by atoms with Crippen molar-refractivity contribution in [2.24, 2.45) is 5.73 Å². The van der Waals surface area contributed by atoms with Gasteiger partial charge in [0.05, 0.1) is 17.6 Å². The number of ether oxygens (including phenoxy) is 1. The molecule has 2 N–H and O–H groups in total. The Bertz CT molecular complexity index is 643. The monoisotopic (exact) mass is 294 g/mol. The largest absolute Gasteiger partial charge is 0.373 e. The van der Waals surface area contributed by atoms with Crippen LogP contribution in [0.3, 0.4) is 0 Å². The molecule has 1 fully saturated rings. The highest BCUT2D eigenvalue weighted by atomic mass is 32.1. The number of amides is 1. The second-order valence-corrected chi connectivity index (χ2v) is 5.86. The predicted molar refractivity (Wildman–Crippen MR) is 76.5 cm³/mol. The number of nitrogens with zero attached hydrogens (tertiary/aromatic N) is 1. The zero-order valence-electron chi connectivity index (χ0n) is 10.8. The first-order valence-corrected chi connectivity index (χ1v) is 7.29. The van der Waals surface area contributed by atoms with Crippen LogP contribution in [0.4, 0.5) is 4.39 Å². The Morgan fingerprint density at radius 2 is 2.35 bits per heavy atom. The van der Waals surface area contributed by atoms with Gasteiger partial charge in [-0.2, -0.15) is 0 Å². The maximum atomic E-state index is 13.2. The molecule has 1 aliphatic heterocycles. The van der Waals surface area contributed by atoms with Crippen LogP contribution in [0.25, 0.3) is 10.1 Å². The molecule has 0 aliphatic carbocycles. The molecule has 1 amide bonds. The third-order valence-corrected chi connectivity index (χ3v) is 4.47. The number of thiophene rings is 1. The second-order valence-electron chi connectivity index (χ2n) is 4.77. The molecule has 0 spiro atoms. The van der Waals surface area contributed by atoms with Gasteiger partial charge in [-0.15, -0.1) is 11.3 Å². The Morgan fingerprint density at radius 1 is 1.50 bits per heavy atom. The van der Waals surface area contributed by atoms with Gasteiger partial charge in [-0.1, -0.05) is 6.07 Å². The molecule has 1 aromatic heterocycles. The number of morpholine rings is 1. The number of carbonyl (C=O) groups is 1. The van der Waals surface area contributed by atoms with Crippen molar-refractivity contribution in [3.05, 3.63) is 35.0 Å². The first-order chi connectivity index (χ1) is 9.67. The van der Waals surface area contributed by atoms with Crippen LogP contribution in [0.2, 0.25) is 0 Å². The Morgan fingerprint density at radius 3 is 3.15 bits per heavy atom. The van der Waals surface area contributed by atoms with Crippen LogP contribution in [0.15, 0.2) is 24.3 Å². The molecule has 0 radical (unpaired) electrons. The average molecular weight is 294 g/mol. The quantitative estimate of drug-likeness (QED) is 0.919. The maximum absolute atomic E-state index is 13.2. The van der Waals surface area contributed by atoms with Crippen LogP contribution in [-0.4, -0.2) is 43.2 Å². The lowest BCUT2D eigenvalue weighted by atomic mass is 10.2. The van der Waals surface area contributed by atoms with Crippen molar-refractivity contribution in [1.29, 1.82) is 0 Å². The van der Waals surface area contributed by atoms with Crippen molar-refractivity contribution >= 4 is 27.3 Å². The first-order valence-electron chi connectivity index (χ1n) is 6.47. The lowest BCUT2D eigenvalue weighted by Crippen LogP contribution is -2.47. The fourth-order valence-electron chi connectivity index (χ4n) is 2.31. The van der Waals surface area contributed by atoms with E-state index >= 15 is 0 Å². The molecule has 4 nitrogen and oxygen atoms in total. The van der Waals surface area contributed by atoms with Gasteiger partial charge in [0.2, 0.25) is 0 Å². The van der Waals surface area contributed by atoms with Crippen molar-refractivity contribution in [3.8, 4) is 0 Å². The lowest BCUT2D eigenvalue weighted by Gasteiger charge is -2.32. The molecule has 1 aliphatic rings. The SMILES string of the molecule is NCC1CN(C(=O)c2cc3ccc(F)cc3s2)CCO1. The van der Waals surface area contributed by atoms with E-state index in [1.165, 1.54) is 23.5 Å². The van der Waals surface area contributed by atoms with Gasteiger partial charge in [0, 0.05) is 24.3 Å². The topological polar surface area (TPSA) is 55.6 Å². The minimum atomic E-state index is -0.284. The number of hydrogen-bond acceptors (Lipinski definition) is 4. The molecule has 0 saturated carbocycles. The van der Waals surface area contributed by atoms with E-state index in [-0.39, 0.29) is 17.8 Å². The lowest BCUT2D eigenvalue weighted by molar-refractivity contribution is -0.0165. The van der Waals surface area contributed by atoms with E-state index in [0.29, 0.717) is 31.1 Å². The summed E-state index contributed by atoms with van der Waals surface area (Å²) in [5.74, 6) is -0.318. The number of hydrogen-bond donors (Lipinski definition) is 1. The fraction of sp³-hybridized carbons (Fsp3) is 0.357. The van der Waals surface area contributed by atoms with Crippen molar-refractivity contribution in [2.45, 2.75) is 6.10 Å². The minimum Gasteiger partial charge on any atom is -0.373 e. The van der Waals surface area contributed by atoms with Gasteiger partial charge in [0.15, 0.2) is 0 Å². The summed E-state index contributed by atoms with van der Waals surface area (Å²) in [5, 5.41) is 0.892. The highest BCUT2D eigenvalue weighted by Gasteiger charge is 2.25. The average Bonchev–Trinajstić information content (AvgIpc) is 2.89. The maximum Gasteiger partial charge on any atom is 0.264 e. The van der Waals surface area contributed by atoms with E-state index in [9.17, 15) is 9.18 Å². The number of carbonyl (C=O) groups excluding carboxylic acids is 1. The molecule has 6 heteroatoms. The molecule has 2 heterocycles. The van der Waals surface area contributed by atoms with E-state index < -0.39 is 0 Å². The third kappa shape index (κ3) is 2.54. The summed E-state index contributed by atoms with van der Waals surface area (Å²) in [6, 6.07) is 6.37. The summed E-state index contributed by atoms with van der Waals surface area (Å²) >= 11 is 1.32. The van der Waals surface area contributed by atoms with Gasteiger partial charge in [-0.05, 0) is 23.6 Å². The van der Waals surface area contributed by atoms with E-state index in [0.717, 1.165) is 10.1 Å². The molecule has 106 valence electrons. The zero-order chi connectivity index (χ0) is 14.1. The molecule has 2 aromatic rings. The fourth-order valence-corrected chi connectivity index (χ4v) is 3.37.